The van der Waals surface area contributed by atoms with Gasteiger partial charge in [0.25, 0.3) is 11.8 Å². The number of halogens is 3. The Morgan fingerprint density at radius 2 is 1.86 bits per heavy atom. The van der Waals surface area contributed by atoms with Gasteiger partial charge in [0.05, 0.1) is 35.6 Å². The molecular formula is C30H44F3N3O7. The number of likely N-dealkylation sites (tertiary alicyclic amines) is 1. The van der Waals surface area contributed by atoms with Gasteiger partial charge in [-0.15, -0.1) is 0 Å². The number of hydrogen-bond acceptors (Lipinski definition) is 7. The van der Waals surface area contributed by atoms with Crippen molar-refractivity contribution in [3.05, 3.63) is 23.3 Å². The Bertz CT molecular complexity index is 1200. The number of amides is 3. The van der Waals surface area contributed by atoms with Crippen molar-refractivity contribution in [2.24, 2.45) is 0 Å². The number of ether oxygens (including phenoxy) is 3. The van der Waals surface area contributed by atoms with Crippen molar-refractivity contribution >= 4 is 23.6 Å². The lowest BCUT2D eigenvalue weighted by Crippen LogP contribution is -2.55. The van der Waals surface area contributed by atoms with Crippen LogP contribution in [0.15, 0.2) is 12.1 Å². The topological polar surface area (TPSA) is 109 Å². The van der Waals surface area contributed by atoms with E-state index in [0.29, 0.717) is 19.4 Å². The Hall–Kier alpha value is -3.06. The second kappa shape index (κ2) is 12.9. The first-order valence-corrected chi connectivity index (χ1v) is 14.5. The third-order valence-electron chi connectivity index (χ3n) is 7.33. The van der Waals surface area contributed by atoms with Gasteiger partial charge in [0.2, 0.25) is 0 Å². The van der Waals surface area contributed by atoms with E-state index in [1.807, 2.05) is 0 Å². The van der Waals surface area contributed by atoms with Crippen LogP contribution in [0.2, 0.25) is 0 Å². The molecule has 1 unspecified atom stereocenters. The minimum absolute atomic E-state index is 0.00743. The van der Waals surface area contributed by atoms with Crippen molar-refractivity contribution in [3.8, 4) is 5.75 Å². The second-order valence-electron chi connectivity index (χ2n) is 12.9. The largest absolute Gasteiger partial charge is 0.476 e. The minimum Gasteiger partial charge on any atom is -0.476 e. The minimum atomic E-state index is -4.91. The van der Waals surface area contributed by atoms with Crippen LogP contribution in [0.1, 0.15) is 83.7 Å². The zero-order valence-electron chi connectivity index (χ0n) is 26.2. The number of hydrogen-bond donors (Lipinski definition) is 1. The maximum absolute atomic E-state index is 14.5. The highest BCUT2D eigenvalue weighted by molar-refractivity contribution is 6.05. The van der Waals surface area contributed by atoms with E-state index in [4.69, 9.17) is 14.2 Å². The molecule has 13 heteroatoms. The first-order chi connectivity index (χ1) is 19.8. The highest BCUT2D eigenvalue weighted by Crippen LogP contribution is 2.44. The van der Waals surface area contributed by atoms with E-state index in [1.165, 1.54) is 35.7 Å². The van der Waals surface area contributed by atoms with Crippen LogP contribution in [0.3, 0.4) is 0 Å². The van der Waals surface area contributed by atoms with Crippen LogP contribution < -0.4 is 9.64 Å². The second-order valence-corrected chi connectivity index (χ2v) is 12.9. The molecule has 0 saturated carbocycles. The van der Waals surface area contributed by atoms with Crippen LogP contribution in [-0.4, -0.2) is 95.6 Å². The average Bonchev–Trinajstić information content (AvgIpc) is 2.87. The van der Waals surface area contributed by atoms with E-state index >= 15 is 0 Å². The van der Waals surface area contributed by atoms with Gasteiger partial charge < -0.3 is 34.0 Å². The molecule has 2 aliphatic rings. The number of carbonyl (C=O) groups is 3. The van der Waals surface area contributed by atoms with Crippen LogP contribution in [-0.2, 0) is 20.4 Å². The summed E-state index contributed by atoms with van der Waals surface area (Å²) < 4.78 is 59.6. The Morgan fingerprint density at radius 3 is 2.42 bits per heavy atom. The Labute approximate surface area is 251 Å². The van der Waals surface area contributed by atoms with E-state index in [-0.39, 0.29) is 37.6 Å². The molecule has 0 spiro atoms. The standard InChI is InChI=1S/C30H44F3N3O7/c1-18(2)36(19-10-9-12-34(16-19)27(40)43-28(3,4)5)25(38)21-14-23-24(15-22(21)30(31,32)33)42-29(6,7)26(39)35(23)13-11-20(37)17-41-8/h14-15,18-20,37H,9-13,16-17H2,1-8H3/t19-,20?/m1/s1. The lowest BCUT2D eigenvalue weighted by molar-refractivity contribution is -0.138. The summed E-state index contributed by atoms with van der Waals surface area (Å²) in [6, 6.07) is 0.746. The number of nitrogens with zero attached hydrogens (tertiary/aromatic N) is 3. The Balaban J connectivity index is 2.06. The molecule has 242 valence electrons. The summed E-state index contributed by atoms with van der Waals surface area (Å²) in [6.07, 6.45) is -5.28. The van der Waals surface area contributed by atoms with Crippen LogP contribution in [0.5, 0.6) is 5.75 Å². The fourth-order valence-electron chi connectivity index (χ4n) is 5.44. The molecule has 3 amide bonds. The number of rotatable bonds is 8. The molecule has 0 bridgehead atoms. The van der Waals surface area contributed by atoms with Crippen molar-refractivity contribution in [1.29, 1.82) is 0 Å². The molecule has 43 heavy (non-hydrogen) atoms. The number of aliphatic hydroxyl groups is 1. The molecule has 3 rings (SSSR count). The summed E-state index contributed by atoms with van der Waals surface area (Å²) in [5.74, 6) is -1.60. The van der Waals surface area contributed by atoms with E-state index in [0.717, 1.165) is 12.1 Å². The van der Waals surface area contributed by atoms with Gasteiger partial charge in [-0.1, -0.05) is 0 Å². The third-order valence-corrected chi connectivity index (χ3v) is 7.33. The van der Waals surface area contributed by atoms with E-state index in [9.17, 15) is 32.7 Å². The number of piperidine rings is 1. The predicted octanol–water partition coefficient (Wildman–Crippen LogP) is 4.86. The molecule has 1 aromatic carbocycles. The fraction of sp³-hybridized carbons (Fsp3) is 0.700. The third kappa shape index (κ3) is 8.11. The van der Waals surface area contributed by atoms with Crippen molar-refractivity contribution in [2.45, 2.75) is 103 Å². The molecule has 2 heterocycles. The monoisotopic (exact) mass is 615 g/mol. The Kier molecular flexibility index (Phi) is 10.3. The Morgan fingerprint density at radius 1 is 1.21 bits per heavy atom. The van der Waals surface area contributed by atoms with Crippen LogP contribution in [0, 0.1) is 0 Å². The van der Waals surface area contributed by atoms with Gasteiger partial charge in [-0.2, -0.15) is 13.2 Å². The zero-order chi connectivity index (χ0) is 32.5. The molecule has 0 radical (unpaired) electrons. The van der Waals surface area contributed by atoms with E-state index < -0.39 is 64.6 Å². The van der Waals surface area contributed by atoms with Gasteiger partial charge in [0, 0.05) is 32.8 Å². The van der Waals surface area contributed by atoms with Gasteiger partial charge in [-0.25, -0.2) is 4.79 Å². The number of anilines is 1. The lowest BCUT2D eigenvalue weighted by atomic mass is 9.96. The van der Waals surface area contributed by atoms with Crippen molar-refractivity contribution < 1.29 is 46.9 Å². The van der Waals surface area contributed by atoms with E-state index in [2.05, 4.69) is 0 Å². The van der Waals surface area contributed by atoms with Crippen molar-refractivity contribution in [1.82, 2.24) is 9.80 Å². The summed E-state index contributed by atoms with van der Waals surface area (Å²) in [7, 11) is 1.41. The molecule has 2 atom stereocenters. The van der Waals surface area contributed by atoms with Crippen LogP contribution in [0.25, 0.3) is 0 Å². The molecule has 1 saturated heterocycles. The number of alkyl halides is 3. The molecule has 10 nitrogen and oxygen atoms in total. The summed E-state index contributed by atoms with van der Waals surface area (Å²) in [6.45, 7) is 12.0. The van der Waals surface area contributed by atoms with Gasteiger partial charge in [-0.05, 0) is 79.9 Å². The maximum Gasteiger partial charge on any atom is 0.417 e. The number of fused-ring (bicyclic) bond motifs is 1. The lowest BCUT2D eigenvalue weighted by Gasteiger charge is -2.42. The van der Waals surface area contributed by atoms with Crippen LogP contribution in [0.4, 0.5) is 23.7 Å². The number of aliphatic hydroxyl groups excluding tert-OH is 1. The smallest absolute Gasteiger partial charge is 0.417 e. The van der Waals surface area contributed by atoms with Crippen LogP contribution >= 0.6 is 0 Å². The quantitative estimate of drug-likeness (QED) is 0.445. The average molecular weight is 616 g/mol. The summed E-state index contributed by atoms with van der Waals surface area (Å²) in [5, 5.41) is 10.2. The highest BCUT2D eigenvalue weighted by Gasteiger charge is 2.45. The first-order valence-electron chi connectivity index (χ1n) is 14.5. The number of benzene rings is 1. The fourth-order valence-corrected chi connectivity index (χ4v) is 5.44. The summed E-state index contributed by atoms with van der Waals surface area (Å²) >= 11 is 0. The molecule has 1 N–H and O–H groups in total. The van der Waals surface area contributed by atoms with Gasteiger partial charge >= 0.3 is 12.3 Å². The summed E-state index contributed by atoms with van der Waals surface area (Å²) in [4.78, 5) is 44.3. The predicted molar refractivity (Wildman–Crippen MR) is 153 cm³/mol. The van der Waals surface area contributed by atoms with Gasteiger partial charge in [0.15, 0.2) is 5.60 Å². The SMILES string of the molecule is COCC(O)CCN1C(=O)C(C)(C)Oc2cc(C(F)(F)F)c(C(=O)N(C(C)C)[C@@H]3CCCN(C(=O)OC(C)(C)C)C3)cc21. The molecule has 0 aromatic heterocycles. The molecular weight excluding hydrogens is 571 g/mol. The zero-order valence-corrected chi connectivity index (χ0v) is 26.2. The van der Waals surface area contributed by atoms with Crippen molar-refractivity contribution in [2.75, 3.05) is 38.3 Å². The number of carbonyl (C=O) groups excluding carboxylic acids is 3. The molecule has 1 aromatic rings. The van der Waals surface area contributed by atoms with Crippen molar-refractivity contribution in [3.63, 3.8) is 0 Å². The normalized spacial score (nSPS) is 19.6. The van der Waals surface area contributed by atoms with Gasteiger partial charge in [0.1, 0.15) is 11.4 Å². The summed E-state index contributed by atoms with van der Waals surface area (Å²) in [5.41, 5.74) is -4.03. The first kappa shape index (κ1) is 34.4. The maximum atomic E-state index is 14.5. The number of methoxy groups -OCH3 is 1. The molecule has 2 aliphatic heterocycles. The molecule has 1 fully saturated rings. The highest BCUT2D eigenvalue weighted by atomic mass is 19.4. The molecule has 0 aliphatic carbocycles. The van der Waals surface area contributed by atoms with Gasteiger partial charge in [-0.3, -0.25) is 9.59 Å². The van der Waals surface area contributed by atoms with E-state index in [1.54, 1.807) is 34.6 Å².